The van der Waals surface area contributed by atoms with Crippen LogP contribution in [0.4, 0.5) is 0 Å². The molecule has 0 aliphatic rings. The molecule has 130 valence electrons. The molecule has 1 aromatic carbocycles. The number of aryl methyl sites for hydroxylation is 2. The van der Waals surface area contributed by atoms with Crippen LogP contribution in [0.2, 0.25) is 0 Å². The van der Waals surface area contributed by atoms with E-state index >= 15 is 0 Å². The molecule has 0 unspecified atom stereocenters. The van der Waals surface area contributed by atoms with Gasteiger partial charge in [-0.15, -0.1) is 18.3 Å². The third-order valence-electron chi connectivity index (χ3n) is 3.82. The molecule has 3 aromatic rings. The van der Waals surface area contributed by atoms with Crippen molar-refractivity contribution in [2.75, 3.05) is 6.26 Å². The number of aromatic nitrogens is 3. The maximum absolute atomic E-state index is 12.7. The van der Waals surface area contributed by atoms with Crippen LogP contribution in [0.5, 0.6) is 0 Å². The molecule has 2 heterocycles. The molecule has 0 N–H and O–H groups in total. The number of hydrogen-bond acceptors (Lipinski definition) is 4. The maximum atomic E-state index is 12.7. The van der Waals surface area contributed by atoms with Gasteiger partial charge in [0.15, 0.2) is 4.80 Å². The van der Waals surface area contributed by atoms with Crippen LogP contribution < -0.4 is 4.80 Å². The highest BCUT2D eigenvalue weighted by molar-refractivity contribution is 7.98. The van der Waals surface area contributed by atoms with Crippen LogP contribution in [0.25, 0.3) is 10.2 Å². The highest BCUT2D eigenvalue weighted by atomic mass is 32.2. The summed E-state index contributed by atoms with van der Waals surface area (Å²) in [6.07, 6.45) is 3.87. The first-order chi connectivity index (χ1) is 12.1. The van der Waals surface area contributed by atoms with Crippen LogP contribution in [0.1, 0.15) is 23.1 Å². The summed E-state index contributed by atoms with van der Waals surface area (Å²) in [7, 11) is 0. The minimum absolute atomic E-state index is 0.267. The molecule has 0 atom stereocenters. The molecule has 5 nitrogen and oxygen atoms in total. The molecule has 0 aliphatic heterocycles. The Labute approximate surface area is 154 Å². The lowest BCUT2D eigenvalue weighted by atomic mass is 10.3. The fraction of sp³-hybridized carbons (Fsp3) is 0.278. The molecule has 3 rings (SSSR count). The predicted octanol–water partition coefficient (Wildman–Crippen LogP) is 3.88. The highest BCUT2D eigenvalue weighted by Gasteiger charge is 2.14. The summed E-state index contributed by atoms with van der Waals surface area (Å²) in [6.45, 7) is 8.91. The quantitative estimate of drug-likeness (QED) is 0.504. The van der Waals surface area contributed by atoms with Gasteiger partial charge in [0.05, 0.1) is 15.9 Å². The monoisotopic (exact) mass is 372 g/mol. The molecule has 0 spiro atoms. The molecule has 0 bridgehead atoms. The number of amides is 1. The number of fused-ring (bicyclic) bond motifs is 1. The van der Waals surface area contributed by atoms with Crippen LogP contribution in [0.15, 0.2) is 46.8 Å². The second-order valence-electron chi connectivity index (χ2n) is 5.52. The minimum Gasteiger partial charge on any atom is -0.312 e. The number of allylic oxidation sites excluding steroid dienone is 1. The summed E-state index contributed by atoms with van der Waals surface area (Å²) >= 11 is 3.22. The highest BCUT2D eigenvalue weighted by Crippen LogP contribution is 2.24. The molecule has 0 saturated carbocycles. The van der Waals surface area contributed by atoms with E-state index in [9.17, 15) is 4.79 Å². The van der Waals surface area contributed by atoms with E-state index in [1.165, 1.54) is 16.2 Å². The van der Waals surface area contributed by atoms with Gasteiger partial charge in [-0.1, -0.05) is 17.4 Å². The van der Waals surface area contributed by atoms with Crippen LogP contribution in [-0.4, -0.2) is 26.5 Å². The zero-order valence-corrected chi connectivity index (χ0v) is 16.2. The zero-order chi connectivity index (χ0) is 18.0. The summed E-state index contributed by atoms with van der Waals surface area (Å²) in [5, 5.41) is 4.33. The second kappa shape index (κ2) is 7.41. The van der Waals surface area contributed by atoms with Crippen molar-refractivity contribution in [2.45, 2.75) is 31.8 Å². The number of nitrogens with zero attached hydrogens (tertiary/aromatic N) is 4. The molecule has 0 radical (unpaired) electrons. The summed E-state index contributed by atoms with van der Waals surface area (Å²) in [5.74, 6) is -0.267. The first kappa shape index (κ1) is 17.7. The van der Waals surface area contributed by atoms with Crippen molar-refractivity contribution in [1.29, 1.82) is 0 Å². The Morgan fingerprint density at radius 2 is 2.24 bits per heavy atom. The summed E-state index contributed by atoms with van der Waals surface area (Å²) < 4.78 is 4.83. The van der Waals surface area contributed by atoms with E-state index in [0.717, 1.165) is 15.9 Å². The lowest BCUT2D eigenvalue weighted by molar-refractivity contribution is 0.0987. The topological polar surface area (TPSA) is 52.2 Å². The number of thiazole rings is 1. The van der Waals surface area contributed by atoms with Crippen molar-refractivity contribution in [3.05, 3.63) is 53.1 Å². The van der Waals surface area contributed by atoms with Gasteiger partial charge in [0.2, 0.25) is 0 Å². The predicted molar refractivity (Wildman–Crippen MR) is 104 cm³/mol. The van der Waals surface area contributed by atoms with Crippen molar-refractivity contribution in [2.24, 2.45) is 4.99 Å². The van der Waals surface area contributed by atoms with Crippen molar-refractivity contribution in [3.8, 4) is 0 Å². The molecule has 2 aromatic heterocycles. The molecule has 0 aliphatic carbocycles. The van der Waals surface area contributed by atoms with E-state index in [1.54, 1.807) is 22.5 Å². The minimum atomic E-state index is -0.267. The first-order valence-electron chi connectivity index (χ1n) is 7.99. The number of carbonyl (C=O) groups excluding carboxylic acids is 1. The van der Waals surface area contributed by atoms with Gasteiger partial charge >= 0.3 is 0 Å². The number of thioether (sulfide) groups is 1. The Balaban J connectivity index is 2.15. The second-order valence-corrected chi connectivity index (χ2v) is 7.41. The lowest BCUT2D eigenvalue weighted by Gasteiger charge is -2.02. The Hall–Kier alpha value is -2.12. The van der Waals surface area contributed by atoms with Gasteiger partial charge in [0.25, 0.3) is 5.91 Å². The number of benzene rings is 1. The van der Waals surface area contributed by atoms with Gasteiger partial charge in [0.1, 0.15) is 5.69 Å². The molecule has 25 heavy (non-hydrogen) atoms. The first-order valence-corrected chi connectivity index (χ1v) is 10.0. The Morgan fingerprint density at radius 3 is 2.92 bits per heavy atom. The SMILES string of the molecule is C=CCn1c(=NC(=O)c2cc(C)nn2CC)sc2cc(SC)ccc21. The van der Waals surface area contributed by atoms with E-state index < -0.39 is 0 Å². The van der Waals surface area contributed by atoms with Crippen LogP contribution in [0.3, 0.4) is 0 Å². The van der Waals surface area contributed by atoms with E-state index in [0.29, 0.717) is 23.6 Å². The molecule has 7 heteroatoms. The van der Waals surface area contributed by atoms with Crippen LogP contribution in [-0.2, 0) is 13.1 Å². The van der Waals surface area contributed by atoms with Gasteiger partial charge in [-0.3, -0.25) is 9.48 Å². The maximum Gasteiger partial charge on any atom is 0.297 e. The average molecular weight is 373 g/mol. The summed E-state index contributed by atoms with van der Waals surface area (Å²) in [5.41, 5.74) is 2.40. The largest absolute Gasteiger partial charge is 0.312 e. The van der Waals surface area contributed by atoms with Gasteiger partial charge in [-0.05, 0) is 44.4 Å². The lowest BCUT2D eigenvalue weighted by Crippen LogP contribution is -2.17. The van der Waals surface area contributed by atoms with Crippen molar-refractivity contribution in [1.82, 2.24) is 14.3 Å². The Bertz CT molecular complexity index is 1010. The van der Waals surface area contributed by atoms with Crippen molar-refractivity contribution in [3.63, 3.8) is 0 Å². The van der Waals surface area contributed by atoms with E-state index in [4.69, 9.17) is 0 Å². The molecular weight excluding hydrogens is 352 g/mol. The fourth-order valence-corrected chi connectivity index (χ4v) is 4.27. The normalized spacial score (nSPS) is 12.0. The molecular formula is C18H20N4OS2. The van der Waals surface area contributed by atoms with E-state index in [-0.39, 0.29) is 5.91 Å². The van der Waals surface area contributed by atoms with Gasteiger partial charge in [-0.2, -0.15) is 10.1 Å². The average Bonchev–Trinajstić information content (AvgIpc) is 3.15. The standard InChI is InChI=1S/C18H20N4OS2/c1-5-9-21-14-8-7-13(24-4)11-16(14)25-18(21)19-17(23)15-10-12(3)20-22(15)6-2/h5,7-8,10-11H,1,6,9H2,2-4H3. The smallest absolute Gasteiger partial charge is 0.297 e. The molecule has 0 fully saturated rings. The number of hydrogen-bond donors (Lipinski definition) is 0. The van der Waals surface area contributed by atoms with E-state index in [1.807, 2.05) is 24.5 Å². The van der Waals surface area contributed by atoms with Gasteiger partial charge in [0, 0.05) is 18.0 Å². The number of rotatable bonds is 5. The Kier molecular flexibility index (Phi) is 5.24. The van der Waals surface area contributed by atoms with Crippen LogP contribution in [0, 0.1) is 6.92 Å². The van der Waals surface area contributed by atoms with Crippen molar-refractivity contribution >= 4 is 39.2 Å². The van der Waals surface area contributed by atoms with Crippen molar-refractivity contribution < 1.29 is 4.79 Å². The van der Waals surface area contributed by atoms with Gasteiger partial charge in [-0.25, -0.2) is 0 Å². The van der Waals surface area contributed by atoms with Crippen LogP contribution >= 0.6 is 23.1 Å². The third-order valence-corrected chi connectivity index (χ3v) is 5.59. The Morgan fingerprint density at radius 1 is 1.44 bits per heavy atom. The van der Waals surface area contributed by atoms with E-state index in [2.05, 4.69) is 41.1 Å². The fourth-order valence-electron chi connectivity index (χ4n) is 2.67. The summed E-state index contributed by atoms with van der Waals surface area (Å²) in [4.78, 5) is 19.0. The summed E-state index contributed by atoms with van der Waals surface area (Å²) in [6, 6.07) is 8.08. The molecule has 1 amide bonds. The third kappa shape index (κ3) is 3.48. The number of carbonyl (C=O) groups is 1. The van der Waals surface area contributed by atoms with Gasteiger partial charge < -0.3 is 4.57 Å². The zero-order valence-electron chi connectivity index (χ0n) is 14.5. The molecule has 0 saturated heterocycles.